The maximum absolute atomic E-state index is 15.6. The molecule has 1 unspecified atom stereocenters. The van der Waals surface area contributed by atoms with E-state index in [1.54, 1.807) is 30.5 Å². The highest BCUT2D eigenvalue weighted by Gasteiger charge is 2.39. The lowest BCUT2D eigenvalue weighted by Crippen LogP contribution is -2.52. The summed E-state index contributed by atoms with van der Waals surface area (Å²) in [6.45, 7) is 2.21. The Balaban J connectivity index is 1.23. The molecule has 1 saturated heterocycles. The van der Waals surface area contributed by atoms with Gasteiger partial charge in [0.1, 0.15) is 11.7 Å². The largest absolute Gasteiger partial charge is 0.322 e. The number of halogens is 1. The van der Waals surface area contributed by atoms with Crippen molar-refractivity contribution in [3.63, 3.8) is 0 Å². The number of piperidine rings is 1. The van der Waals surface area contributed by atoms with E-state index in [9.17, 15) is 14.4 Å². The number of imide groups is 1. The number of carbonyl (C=O) groups excluding carboxylic acids is 3. The molecule has 0 bridgehead atoms. The van der Waals surface area contributed by atoms with Crippen LogP contribution in [0, 0.1) is 5.82 Å². The van der Waals surface area contributed by atoms with E-state index >= 15 is 4.39 Å². The van der Waals surface area contributed by atoms with Crippen molar-refractivity contribution in [3.8, 4) is 11.3 Å². The van der Waals surface area contributed by atoms with Crippen LogP contribution in [0.1, 0.15) is 45.6 Å². The molecule has 0 saturated carbocycles. The molecule has 0 spiro atoms. The van der Waals surface area contributed by atoms with E-state index in [4.69, 9.17) is 0 Å². The van der Waals surface area contributed by atoms with E-state index in [-0.39, 0.29) is 36.3 Å². The molecule has 178 valence electrons. The predicted molar refractivity (Wildman–Crippen MR) is 122 cm³/mol. The van der Waals surface area contributed by atoms with Gasteiger partial charge in [0, 0.05) is 73.2 Å². The van der Waals surface area contributed by atoms with Crippen molar-refractivity contribution >= 4 is 17.7 Å². The molecule has 3 aliphatic heterocycles. The zero-order chi connectivity index (χ0) is 24.1. The van der Waals surface area contributed by atoms with Crippen molar-refractivity contribution < 1.29 is 18.8 Å². The molecule has 9 nitrogen and oxygen atoms in total. The van der Waals surface area contributed by atoms with Crippen LogP contribution in [0.2, 0.25) is 0 Å². The molecule has 1 aromatic carbocycles. The number of fused-ring (bicyclic) bond motifs is 2. The van der Waals surface area contributed by atoms with Crippen LogP contribution in [-0.2, 0) is 35.6 Å². The number of pyridine rings is 1. The summed E-state index contributed by atoms with van der Waals surface area (Å²) in [5.41, 5.74) is 4.84. The topological polar surface area (TPSA) is 111 Å². The van der Waals surface area contributed by atoms with Gasteiger partial charge in [-0.15, -0.1) is 0 Å². The number of nitrogens with one attached hydrogen (secondary N) is 2. The summed E-state index contributed by atoms with van der Waals surface area (Å²) in [7, 11) is 0. The third-order valence-corrected chi connectivity index (χ3v) is 7.04. The van der Waals surface area contributed by atoms with Gasteiger partial charge in [0.25, 0.3) is 5.91 Å². The van der Waals surface area contributed by atoms with Crippen LogP contribution in [0.5, 0.6) is 0 Å². The maximum atomic E-state index is 15.6. The Kier molecular flexibility index (Phi) is 5.18. The Morgan fingerprint density at radius 2 is 1.97 bits per heavy atom. The van der Waals surface area contributed by atoms with Crippen LogP contribution >= 0.6 is 0 Å². The second-order valence-corrected chi connectivity index (χ2v) is 9.24. The quantitative estimate of drug-likeness (QED) is 0.559. The molecule has 0 radical (unpaired) electrons. The van der Waals surface area contributed by atoms with E-state index in [0.29, 0.717) is 41.8 Å². The molecule has 35 heavy (non-hydrogen) atoms. The lowest BCUT2D eigenvalue weighted by Gasteiger charge is -2.29. The molecule has 2 aromatic heterocycles. The Morgan fingerprint density at radius 3 is 2.83 bits per heavy atom. The number of nitrogens with zero attached hydrogens (tertiary/aromatic N) is 4. The summed E-state index contributed by atoms with van der Waals surface area (Å²) in [4.78, 5) is 44.7. The molecule has 3 amide bonds. The fraction of sp³-hybridized carbons (Fsp3) is 0.320. The maximum Gasteiger partial charge on any atom is 0.255 e. The van der Waals surface area contributed by atoms with Gasteiger partial charge in [0.2, 0.25) is 11.8 Å². The Morgan fingerprint density at radius 1 is 1.09 bits per heavy atom. The summed E-state index contributed by atoms with van der Waals surface area (Å²) >= 11 is 0. The van der Waals surface area contributed by atoms with E-state index in [2.05, 4.69) is 25.4 Å². The lowest BCUT2D eigenvalue weighted by atomic mass is 10.0. The van der Waals surface area contributed by atoms with Gasteiger partial charge in [-0.3, -0.25) is 34.7 Å². The van der Waals surface area contributed by atoms with Gasteiger partial charge in [-0.25, -0.2) is 4.39 Å². The van der Waals surface area contributed by atoms with Gasteiger partial charge in [0.05, 0.1) is 6.20 Å². The van der Waals surface area contributed by atoms with Gasteiger partial charge in [0.15, 0.2) is 5.82 Å². The molecular formula is C25H23FN6O3. The monoisotopic (exact) mass is 474 g/mol. The Hall–Kier alpha value is -3.92. The number of hydrogen-bond acceptors (Lipinski definition) is 6. The van der Waals surface area contributed by atoms with E-state index < -0.39 is 11.9 Å². The zero-order valence-electron chi connectivity index (χ0n) is 18.9. The van der Waals surface area contributed by atoms with E-state index in [0.717, 1.165) is 24.2 Å². The molecule has 2 N–H and O–H groups in total. The standard InChI is InChI=1S/C25H23FN6O3/c26-22-15(11-31-8-6-19-17(12-31)10-28-30-19)5-7-27-23(22)14-1-2-18-16(9-14)13-32(25(18)35)20-3-4-21(33)29-24(20)34/h1-2,5,7,9-10,20H,3-4,6,8,11-13H2,(H,28,30)(H,29,33,34). The van der Waals surface area contributed by atoms with Gasteiger partial charge in [-0.2, -0.15) is 5.10 Å². The molecule has 10 heteroatoms. The Labute approximate surface area is 200 Å². The van der Waals surface area contributed by atoms with Gasteiger partial charge < -0.3 is 4.90 Å². The first-order valence-electron chi connectivity index (χ1n) is 11.6. The van der Waals surface area contributed by atoms with Crippen molar-refractivity contribution in [2.24, 2.45) is 0 Å². The molecule has 3 aromatic rings. The van der Waals surface area contributed by atoms with Crippen LogP contribution in [0.15, 0.2) is 36.7 Å². The first-order chi connectivity index (χ1) is 17.0. The summed E-state index contributed by atoms with van der Waals surface area (Å²) in [6, 6.07) is 6.14. The molecule has 3 aliphatic rings. The van der Waals surface area contributed by atoms with Crippen molar-refractivity contribution in [1.29, 1.82) is 0 Å². The van der Waals surface area contributed by atoms with Crippen LogP contribution < -0.4 is 5.32 Å². The molecular weight excluding hydrogens is 451 g/mol. The third kappa shape index (κ3) is 3.79. The van der Waals surface area contributed by atoms with Gasteiger partial charge in [-0.1, -0.05) is 6.07 Å². The van der Waals surface area contributed by atoms with Crippen molar-refractivity contribution in [3.05, 3.63) is 70.4 Å². The second-order valence-electron chi connectivity index (χ2n) is 9.24. The van der Waals surface area contributed by atoms with E-state index in [1.165, 1.54) is 4.90 Å². The molecule has 1 fully saturated rings. The third-order valence-electron chi connectivity index (χ3n) is 7.04. The first kappa shape index (κ1) is 21.6. The average molecular weight is 474 g/mol. The number of hydrogen-bond donors (Lipinski definition) is 2. The molecule has 6 rings (SSSR count). The summed E-state index contributed by atoms with van der Waals surface area (Å²) in [5.74, 6) is -1.42. The molecule has 1 atom stereocenters. The van der Waals surface area contributed by atoms with Crippen molar-refractivity contribution in [2.75, 3.05) is 6.54 Å². The minimum Gasteiger partial charge on any atom is -0.322 e. The smallest absolute Gasteiger partial charge is 0.255 e. The van der Waals surface area contributed by atoms with Crippen LogP contribution in [0.3, 0.4) is 0 Å². The number of rotatable bonds is 4. The van der Waals surface area contributed by atoms with Crippen LogP contribution in [0.4, 0.5) is 4.39 Å². The number of H-pyrrole nitrogens is 1. The number of benzene rings is 1. The van der Waals surface area contributed by atoms with Crippen molar-refractivity contribution in [2.45, 2.75) is 44.9 Å². The number of amides is 3. The van der Waals surface area contributed by atoms with Crippen LogP contribution in [-0.4, -0.2) is 55.3 Å². The van der Waals surface area contributed by atoms with Gasteiger partial charge in [-0.05, 0) is 30.2 Å². The minimum absolute atomic E-state index is 0.197. The highest BCUT2D eigenvalue weighted by molar-refractivity contribution is 6.05. The fourth-order valence-electron chi connectivity index (χ4n) is 5.19. The summed E-state index contributed by atoms with van der Waals surface area (Å²) < 4.78 is 15.6. The lowest BCUT2D eigenvalue weighted by molar-refractivity contribution is -0.136. The second kappa shape index (κ2) is 8.38. The van der Waals surface area contributed by atoms with Crippen molar-refractivity contribution in [1.82, 2.24) is 30.3 Å². The number of carbonyl (C=O) groups is 3. The normalized spacial score (nSPS) is 20.1. The Bertz CT molecular complexity index is 1370. The molecule has 5 heterocycles. The number of aromatic nitrogens is 3. The molecule has 0 aliphatic carbocycles. The SMILES string of the molecule is O=C1CCC(N2Cc3cc(-c4nccc(CN5CCc6[nH]ncc6C5)c4F)ccc3C2=O)C(=O)N1. The van der Waals surface area contributed by atoms with Crippen LogP contribution in [0.25, 0.3) is 11.3 Å². The predicted octanol–water partition coefficient (Wildman–Crippen LogP) is 1.93. The van der Waals surface area contributed by atoms with Gasteiger partial charge >= 0.3 is 0 Å². The summed E-state index contributed by atoms with van der Waals surface area (Å²) in [6.07, 6.45) is 4.77. The first-order valence-corrected chi connectivity index (χ1v) is 11.6. The minimum atomic E-state index is -0.686. The average Bonchev–Trinajstić information content (AvgIpc) is 3.44. The number of aromatic amines is 1. The fourth-order valence-corrected chi connectivity index (χ4v) is 5.19. The van der Waals surface area contributed by atoms with E-state index in [1.807, 2.05) is 6.20 Å². The highest BCUT2D eigenvalue weighted by Crippen LogP contribution is 2.32. The zero-order valence-corrected chi connectivity index (χ0v) is 18.9. The highest BCUT2D eigenvalue weighted by atomic mass is 19.1. The summed E-state index contributed by atoms with van der Waals surface area (Å²) in [5, 5.41) is 9.40.